The van der Waals surface area contributed by atoms with Crippen molar-refractivity contribution in [1.29, 1.82) is 5.26 Å². The number of benzene rings is 1. The Kier molecular flexibility index (Phi) is 10.4. The molecule has 15 heteroatoms. The van der Waals surface area contributed by atoms with Crippen molar-refractivity contribution < 1.29 is 41.9 Å². The number of carbonyl (C=O) groups is 5. The van der Waals surface area contributed by atoms with Gasteiger partial charge in [0.2, 0.25) is 21.8 Å². The molecule has 5 rings (SSSR count). The number of rotatable bonds is 6. The fraction of sp³-hybridized carbons (Fsp3) is 0.588. The molecule has 4 amide bonds. The summed E-state index contributed by atoms with van der Waals surface area (Å²) < 4.78 is 38.7. The number of sulfonamides is 1. The number of hydrogen-bond acceptors (Lipinski definition) is 10. The molecule has 0 unspecified atom stereocenters. The van der Waals surface area contributed by atoms with Gasteiger partial charge in [-0.2, -0.15) is 5.26 Å². The van der Waals surface area contributed by atoms with Crippen molar-refractivity contribution in [3.8, 4) is 6.07 Å². The summed E-state index contributed by atoms with van der Waals surface area (Å²) in [5, 5.41) is 14.0. The maximum absolute atomic E-state index is 14.2. The first-order chi connectivity index (χ1) is 23.1. The number of hydrogen-bond donors (Lipinski definition) is 3. The molecule has 1 saturated heterocycles. The second-order valence-electron chi connectivity index (χ2n) is 14.2. The number of fused-ring (bicyclic) bond motifs is 2. The molecule has 264 valence electrons. The highest BCUT2D eigenvalue weighted by molar-refractivity contribution is 7.91. The molecule has 2 saturated carbocycles. The van der Waals surface area contributed by atoms with E-state index in [9.17, 15) is 37.7 Å². The summed E-state index contributed by atoms with van der Waals surface area (Å²) >= 11 is 0. The molecule has 3 N–H and O–H groups in total. The van der Waals surface area contributed by atoms with Gasteiger partial charge in [0.1, 0.15) is 29.3 Å². The molecule has 3 fully saturated rings. The predicted molar refractivity (Wildman–Crippen MR) is 175 cm³/mol. The fourth-order valence-corrected chi connectivity index (χ4v) is 7.60. The van der Waals surface area contributed by atoms with Crippen molar-refractivity contribution in [3.05, 3.63) is 47.5 Å². The van der Waals surface area contributed by atoms with Crippen molar-refractivity contribution in [1.82, 2.24) is 20.3 Å². The lowest BCUT2D eigenvalue weighted by Gasteiger charge is -2.30. The van der Waals surface area contributed by atoms with Gasteiger partial charge in [0.05, 0.1) is 29.0 Å². The van der Waals surface area contributed by atoms with Crippen LogP contribution in [-0.2, 0) is 33.9 Å². The molecule has 1 aromatic carbocycles. The number of allylic oxidation sites excluding steroid dienone is 1. The summed E-state index contributed by atoms with van der Waals surface area (Å²) in [7, 11) is -3.91. The molecule has 0 aromatic heterocycles. The van der Waals surface area contributed by atoms with E-state index in [0.29, 0.717) is 25.7 Å². The highest BCUT2D eigenvalue weighted by Crippen LogP contribution is 2.46. The van der Waals surface area contributed by atoms with E-state index in [1.165, 1.54) is 29.2 Å². The van der Waals surface area contributed by atoms with Gasteiger partial charge in [0, 0.05) is 12.3 Å². The standard InChI is InChI=1S/C34H43N5O9S/c1-33(2,3)48-32(44)36-26-13-8-6-4-5-7-12-23-18-34(23,31(43)38-49(45,46)25-14-15-25)37-28(40)27-17-24(20-39(27)29(26)41)47-30(42)22-11-9-10-21(16-22)19-35/h7,9-12,16,23-27H,4-6,8,13-15,17-18,20H2,1-3H3,(H,36,44)(H,37,40)(H,38,43)/b12-7-/t23-,24+,26-,27-,34+/m0/s1. The van der Waals surface area contributed by atoms with Crippen LogP contribution in [0.2, 0.25) is 0 Å². The molecule has 1 aromatic rings. The topological polar surface area (TPSA) is 201 Å². The second kappa shape index (κ2) is 14.2. The molecule has 0 bridgehead atoms. The summed E-state index contributed by atoms with van der Waals surface area (Å²) in [6.45, 7) is 4.89. The first kappa shape index (κ1) is 35.8. The van der Waals surface area contributed by atoms with Crippen molar-refractivity contribution in [2.75, 3.05) is 6.54 Å². The Morgan fingerprint density at radius 2 is 1.86 bits per heavy atom. The van der Waals surface area contributed by atoms with Crippen LogP contribution in [0.4, 0.5) is 4.79 Å². The monoisotopic (exact) mass is 697 g/mol. The zero-order valence-corrected chi connectivity index (χ0v) is 28.7. The van der Waals surface area contributed by atoms with Crippen LogP contribution in [-0.4, -0.2) is 84.2 Å². The Balaban J connectivity index is 1.43. The lowest BCUT2D eigenvalue weighted by Crippen LogP contribution is -2.58. The van der Waals surface area contributed by atoms with E-state index in [4.69, 9.17) is 9.47 Å². The third-order valence-electron chi connectivity index (χ3n) is 9.03. The lowest BCUT2D eigenvalue weighted by atomic mass is 10.0. The van der Waals surface area contributed by atoms with Crippen LogP contribution in [0.25, 0.3) is 0 Å². The fourth-order valence-electron chi connectivity index (χ4n) is 6.23. The summed E-state index contributed by atoms with van der Waals surface area (Å²) in [6, 6.07) is 5.59. The van der Waals surface area contributed by atoms with E-state index >= 15 is 0 Å². The Bertz CT molecular complexity index is 1680. The number of nitrogens with zero attached hydrogens (tertiary/aromatic N) is 2. The summed E-state index contributed by atoms with van der Waals surface area (Å²) in [4.78, 5) is 69.0. The lowest BCUT2D eigenvalue weighted by molar-refractivity contribution is -0.141. The maximum Gasteiger partial charge on any atom is 0.408 e. The average molecular weight is 698 g/mol. The van der Waals surface area contributed by atoms with Gasteiger partial charge in [0.25, 0.3) is 5.91 Å². The minimum atomic E-state index is -3.91. The van der Waals surface area contributed by atoms with Crippen LogP contribution < -0.4 is 15.4 Å². The molecule has 0 radical (unpaired) electrons. The van der Waals surface area contributed by atoms with Crippen molar-refractivity contribution in [2.45, 2.75) is 113 Å². The number of nitriles is 1. The maximum atomic E-state index is 14.2. The van der Waals surface area contributed by atoms with E-state index in [0.717, 1.165) is 12.8 Å². The van der Waals surface area contributed by atoms with Crippen molar-refractivity contribution in [3.63, 3.8) is 0 Å². The molecule has 2 heterocycles. The number of nitrogens with one attached hydrogen (secondary N) is 3. The minimum absolute atomic E-state index is 0.115. The molecule has 14 nitrogen and oxygen atoms in total. The molecular weight excluding hydrogens is 654 g/mol. The molecule has 0 spiro atoms. The van der Waals surface area contributed by atoms with Crippen LogP contribution in [0.3, 0.4) is 0 Å². The Labute approximate surface area is 286 Å². The van der Waals surface area contributed by atoms with E-state index in [1.54, 1.807) is 20.8 Å². The Morgan fingerprint density at radius 3 is 2.55 bits per heavy atom. The summed E-state index contributed by atoms with van der Waals surface area (Å²) in [5.74, 6) is -3.38. The molecule has 2 aliphatic carbocycles. The Hall–Kier alpha value is -4.45. The number of amides is 4. The van der Waals surface area contributed by atoms with Gasteiger partial charge in [-0.15, -0.1) is 0 Å². The first-order valence-corrected chi connectivity index (χ1v) is 18.2. The molecule has 5 atom stereocenters. The van der Waals surface area contributed by atoms with E-state index in [1.807, 2.05) is 18.2 Å². The van der Waals surface area contributed by atoms with Gasteiger partial charge < -0.3 is 25.0 Å². The molecule has 4 aliphatic rings. The number of alkyl carbamates (subject to hydrolysis) is 1. The van der Waals surface area contributed by atoms with Gasteiger partial charge in [-0.25, -0.2) is 18.0 Å². The predicted octanol–water partition coefficient (Wildman–Crippen LogP) is 2.58. The SMILES string of the molecule is CC(C)(C)OC(=O)N[C@H]1CCCCC/C=C\[C@H]2C[C@@]2(C(=O)NS(=O)(=O)C2CC2)NC(=O)[C@@H]2C[C@@H](OC(=O)c3cccc(C#N)c3)CN2C1=O. The number of carbonyl (C=O) groups excluding carboxylic acids is 5. The van der Waals surface area contributed by atoms with Gasteiger partial charge >= 0.3 is 12.1 Å². The van der Waals surface area contributed by atoms with Crippen LogP contribution in [0.15, 0.2) is 36.4 Å². The quantitative estimate of drug-likeness (QED) is 0.293. The van der Waals surface area contributed by atoms with Crippen LogP contribution in [0.5, 0.6) is 0 Å². The zero-order chi connectivity index (χ0) is 35.6. The zero-order valence-electron chi connectivity index (χ0n) is 27.9. The van der Waals surface area contributed by atoms with Crippen molar-refractivity contribution in [2.24, 2.45) is 5.92 Å². The van der Waals surface area contributed by atoms with Gasteiger partial charge in [-0.3, -0.25) is 19.1 Å². The highest BCUT2D eigenvalue weighted by Gasteiger charge is 2.62. The van der Waals surface area contributed by atoms with Crippen LogP contribution in [0.1, 0.15) is 94.5 Å². The third kappa shape index (κ3) is 8.78. The summed E-state index contributed by atoms with van der Waals surface area (Å²) in [6.07, 6.45) is 5.88. The largest absolute Gasteiger partial charge is 0.457 e. The highest BCUT2D eigenvalue weighted by atomic mass is 32.2. The van der Waals surface area contributed by atoms with Crippen molar-refractivity contribution >= 4 is 39.8 Å². The molecule has 49 heavy (non-hydrogen) atoms. The molecule has 2 aliphatic heterocycles. The summed E-state index contributed by atoms with van der Waals surface area (Å²) in [5.41, 5.74) is -2.02. The van der Waals surface area contributed by atoms with E-state index in [-0.39, 0.29) is 36.9 Å². The van der Waals surface area contributed by atoms with Gasteiger partial charge in [0.15, 0.2) is 0 Å². The second-order valence-corrected chi connectivity index (χ2v) is 16.1. The molecular formula is C34H43N5O9S. The average Bonchev–Trinajstić information content (AvgIpc) is 3.95. The van der Waals surface area contributed by atoms with Crippen LogP contribution >= 0.6 is 0 Å². The number of esters is 1. The Morgan fingerprint density at radius 1 is 1.10 bits per heavy atom. The van der Waals surface area contributed by atoms with Gasteiger partial charge in [-0.1, -0.05) is 31.1 Å². The van der Waals surface area contributed by atoms with Crippen LogP contribution in [0, 0.1) is 17.2 Å². The first-order valence-electron chi connectivity index (χ1n) is 16.7. The van der Waals surface area contributed by atoms with Gasteiger partial charge in [-0.05, 0) is 77.5 Å². The van der Waals surface area contributed by atoms with E-state index < -0.39 is 80.3 Å². The van der Waals surface area contributed by atoms with E-state index in [2.05, 4.69) is 15.4 Å². The third-order valence-corrected chi connectivity index (χ3v) is 10.9. The normalized spacial score (nSPS) is 28.2. The number of ether oxygens (including phenoxy) is 2. The minimum Gasteiger partial charge on any atom is -0.457 e. The smallest absolute Gasteiger partial charge is 0.408 e.